The van der Waals surface area contributed by atoms with Gasteiger partial charge in [0.25, 0.3) is 5.91 Å². The smallest absolute Gasteiger partial charge is 0.335 e. The van der Waals surface area contributed by atoms with Crippen LogP contribution in [0.5, 0.6) is 0 Å². The lowest BCUT2D eigenvalue weighted by Gasteiger charge is -2.29. The van der Waals surface area contributed by atoms with Gasteiger partial charge in [-0.1, -0.05) is 12.1 Å². The van der Waals surface area contributed by atoms with Gasteiger partial charge in [0.1, 0.15) is 0 Å². The Bertz CT molecular complexity index is 717. The molecule has 108 valence electrons. The van der Waals surface area contributed by atoms with Crippen LogP contribution < -0.4 is 0 Å². The third-order valence-electron chi connectivity index (χ3n) is 3.84. The monoisotopic (exact) mass is 285 g/mol. The standard InChI is InChI=1S/C16H15NO4/c1-10-6-8-21-14(10)15(18)17-7-5-12-11(9-17)3-2-4-13(12)16(19)20/h2-4,6,8H,5,7,9H2,1H3,(H,19,20). The summed E-state index contributed by atoms with van der Waals surface area (Å²) in [5.41, 5.74) is 2.85. The number of aryl methyl sites for hydroxylation is 1. The molecule has 0 unspecified atom stereocenters. The number of carbonyl (C=O) groups is 2. The van der Waals surface area contributed by atoms with E-state index in [1.54, 1.807) is 23.1 Å². The molecule has 1 aliphatic rings. The summed E-state index contributed by atoms with van der Waals surface area (Å²) in [4.78, 5) is 25.3. The van der Waals surface area contributed by atoms with Gasteiger partial charge in [0.2, 0.25) is 0 Å². The Morgan fingerprint density at radius 3 is 2.76 bits per heavy atom. The second-order valence-electron chi connectivity index (χ2n) is 5.16. The number of hydrogen-bond acceptors (Lipinski definition) is 3. The van der Waals surface area contributed by atoms with Crippen LogP contribution in [0, 0.1) is 6.92 Å². The van der Waals surface area contributed by atoms with E-state index in [2.05, 4.69) is 0 Å². The number of carboxylic acid groups (broad SMARTS) is 1. The number of nitrogens with zero attached hydrogens (tertiary/aromatic N) is 1. The van der Waals surface area contributed by atoms with E-state index in [0.717, 1.165) is 16.7 Å². The van der Waals surface area contributed by atoms with Gasteiger partial charge in [-0.05, 0) is 36.6 Å². The molecule has 0 bridgehead atoms. The van der Waals surface area contributed by atoms with E-state index in [9.17, 15) is 14.7 Å². The molecule has 3 rings (SSSR count). The van der Waals surface area contributed by atoms with Crippen molar-refractivity contribution in [2.75, 3.05) is 6.54 Å². The Kier molecular flexibility index (Phi) is 3.25. The molecule has 21 heavy (non-hydrogen) atoms. The molecule has 2 aromatic rings. The number of rotatable bonds is 2. The van der Waals surface area contributed by atoms with Crippen molar-refractivity contribution in [1.82, 2.24) is 4.90 Å². The van der Waals surface area contributed by atoms with Gasteiger partial charge in [-0.2, -0.15) is 0 Å². The summed E-state index contributed by atoms with van der Waals surface area (Å²) < 4.78 is 5.24. The quantitative estimate of drug-likeness (QED) is 0.920. The van der Waals surface area contributed by atoms with E-state index in [4.69, 9.17) is 4.42 Å². The van der Waals surface area contributed by atoms with Gasteiger partial charge >= 0.3 is 5.97 Å². The number of hydrogen-bond donors (Lipinski definition) is 1. The molecule has 1 N–H and O–H groups in total. The normalized spacial score (nSPS) is 13.9. The fourth-order valence-electron chi connectivity index (χ4n) is 2.72. The van der Waals surface area contributed by atoms with Gasteiger partial charge in [0.15, 0.2) is 5.76 Å². The lowest BCUT2D eigenvalue weighted by Crippen LogP contribution is -2.36. The molecular weight excluding hydrogens is 270 g/mol. The van der Waals surface area contributed by atoms with Crippen LogP contribution in [-0.2, 0) is 13.0 Å². The van der Waals surface area contributed by atoms with Gasteiger partial charge in [0, 0.05) is 18.7 Å². The van der Waals surface area contributed by atoms with Crippen molar-refractivity contribution in [3.8, 4) is 0 Å². The van der Waals surface area contributed by atoms with E-state index in [0.29, 0.717) is 30.8 Å². The first-order valence-electron chi connectivity index (χ1n) is 6.75. The first kappa shape index (κ1) is 13.4. The maximum atomic E-state index is 12.4. The molecule has 1 aliphatic heterocycles. The Balaban J connectivity index is 1.89. The summed E-state index contributed by atoms with van der Waals surface area (Å²) >= 11 is 0. The molecule has 0 saturated carbocycles. The van der Waals surface area contributed by atoms with Crippen molar-refractivity contribution < 1.29 is 19.1 Å². The molecule has 0 atom stereocenters. The second kappa shape index (κ2) is 5.09. The number of benzene rings is 1. The highest BCUT2D eigenvalue weighted by molar-refractivity contribution is 5.93. The van der Waals surface area contributed by atoms with E-state index in [-0.39, 0.29) is 5.91 Å². The highest BCUT2D eigenvalue weighted by atomic mass is 16.4. The zero-order valence-corrected chi connectivity index (χ0v) is 11.6. The minimum atomic E-state index is -0.923. The maximum absolute atomic E-state index is 12.4. The molecule has 0 spiro atoms. The van der Waals surface area contributed by atoms with Crippen molar-refractivity contribution in [2.45, 2.75) is 19.9 Å². The summed E-state index contributed by atoms with van der Waals surface area (Å²) in [6, 6.07) is 6.95. The van der Waals surface area contributed by atoms with E-state index in [1.165, 1.54) is 6.26 Å². The zero-order valence-electron chi connectivity index (χ0n) is 11.6. The first-order chi connectivity index (χ1) is 10.1. The molecular formula is C16H15NO4. The minimum absolute atomic E-state index is 0.149. The molecule has 1 aromatic heterocycles. The second-order valence-corrected chi connectivity index (χ2v) is 5.16. The third-order valence-corrected chi connectivity index (χ3v) is 3.84. The fraction of sp³-hybridized carbons (Fsp3) is 0.250. The summed E-state index contributed by atoms with van der Waals surface area (Å²) in [5, 5.41) is 9.21. The summed E-state index contributed by atoms with van der Waals surface area (Å²) in [6.45, 7) is 2.74. The number of carboxylic acids is 1. The van der Waals surface area contributed by atoms with Crippen LogP contribution in [0.15, 0.2) is 34.9 Å². The molecule has 2 heterocycles. The SMILES string of the molecule is Cc1ccoc1C(=O)N1CCc2c(cccc2C(=O)O)C1. The van der Waals surface area contributed by atoms with E-state index in [1.807, 2.05) is 13.0 Å². The van der Waals surface area contributed by atoms with Gasteiger partial charge in [0.05, 0.1) is 11.8 Å². The van der Waals surface area contributed by atoms with Crippen LogP contribution in [0.2, 0.25) is 0 Å². The zero-order chi connectivity index (χ0) is 15.0. The number of fused-ring (bicyclic) bond motifs is 1. The molecule has 5 heteroatoms. The van der Waals surface area contributed by atoms with E-state index >= 15 is 0 Å². The van der Waals surface area contributed by atoms with Crippen molar-refractivity contribution >= 4 is 11.9 Å². The van der Waals surface area contributed by atoms with Crippen LogP contribution in [0.25, 0.3) is 0 Å². The summed E-state index contributed by atoms with van der Waals surface area (Å²) in [6.07, 6.45) is 2.05. The predicted molar refractivity (Wildman–Crippen MR) is 75.3 cm³/mol. The highest BCUT2D eigenvalue weighted by Crippen LogP contribution is 2.24. The molecule has 1 aromatic carbocycles. The van der Waals surface area contributed by atoms with Crippen LogP contribution >= 0.6 is 0 Å². The number of furan rings is 1. The average molecular weight is 285 g/mol. The Labute approximate surface area is 121 Å². The number of amides is 1. The largest absolute Gasteiger partial charge is 0.478 e. The van der Waals surface area contributed by atoms with Crippen molar-refractivity contribution in [3.05, 3.63) is 58.5 Å². The minimum Gasteiger partial charge on any atom is -0.478 e. The highest BCUT2D eigenvalue weighted by Gasteiger charge is 2.26. The van der Waals surface area contributed by atoms with Gasteiger partial charge in [-0.15, -0.1) is 0 Å². The molecule has 0 saturated heterocycles. The van der Waals surface area contributed by atoms with Crippen LogP contribution in [0.4, 0.5) is 0 Å². The molecule has 0 aliphatic carbocycles. The van der Waals surface area contributed by atoms with Gasteiger partial charge in [-0.25, -0.2) is 4.79 Å². The van der Waals surface area contributed by atoms with Crippen LogP contribution in [-0.4, -0.2) is 28.4 Å². The lowest BCUT2D eigenvalue weighted by atomic mass is 9.94. The van der Waals surface area contributed by atoms with Crippen LogP contribution in [0.1, 0.15) is 37.6 Å². The van der Waals surface area contributed by atoms with Gasteiger partial charge < -0.3 is 14.4 Å². The molecule has 0 radical (unpaired) electrons. The summed E-state index contributed by atoms with van der Waals surface area (Å²) in [5.74, 6) is -0.717. The molecule has 5 nitrogen and oxygen atoms in total. The first-order valence-corrected chi connectivity index (χ1v) is 6.75. The van der Waals surface area contributed by atoms with Gasteiger partial charge in [-0.3, -0.25) is 4.79 Å². The lowest BCUT2D eigenvalue weighted by molar-refractivity contribution is 0.0690. The van der Waals surface area contributed by atoms with E-state index < -0.39 is 5.97 Å². The van der Waals surface area contributed by atoms with Crippen LogP contribution in [0.3, 0.4) is 0 Å². The fourth-order valence-corrected chi connectivity index (χ4v) is 2.72. The average Bonchev–Trinajstić information content (AvgIpc) is 2.91. The molecule has 0 fully saturated rings. The van der Waals surface area contributed by atoms with Crippen molar-refractivity contribution in [2.24, 2.45) is 0 Å². The number of carbonyl (C=O) groups excluding carboxylic acids is 1. The topological polar surface area (TPSA) is 70.8 Å². The van der Waals surface area contributed by atoms with Crippen molar-refractivity contribution in [3.63, 3.8) is 0 Å². The third kappa shape index (κ3) is 2.31. The Morgan fingerprint density at radius 2 is 2.10 bits per heavy atom. The maximum Gasteiger partial charge on any atom is 0.335 e. The predicted octanol–water partition coefficient (Wildman–Crippen LogP) is 2.48. The van der Waals surface area contributed by atoms with Crippen molar-refractivity contribution in [1.29, 1.82) is 0 Å². The Hall–Kier alpha value is -2.56. The Morgan fingerprint density at radius 1 is 1.29 bits per heavy atom. The molecule has 1 amide bonds. The summed E-state index contributed by atoms with van der Waals surface area (Å²) in [7, 11) is 0. The number of aromatic carboxylic acids is 1.